The number of hydrogen-bond donors (Lipinski definition) is 2. The summed E-state index contributed by atoms with van der Waals surface area (Å²) < 4.78 is 15.4. The number of carbonyl (C=O) groups excluding carboxylic acids is 1. The zero-order valence-corrected chi connectivity index (χ0v) is 9.68. The van der Waals surface area contributed by atoms with Crippen LogP contribution < -0.4 is 5.32 Å². The van der Waals surface area contributed by atoms with Crippen molar-refractivity contribution in [3.63, 3.8) is 0 Å². The van der Waals surface area contributed by atoms with Gasteiger partial charge in [-0.3, -0.25) is 5.32 Å². The van der Waals surface area contributed by atoms with Gasteiger partial charge < -0.3 is 4.74 Å². The van der Waals surface area contributed by atoms with Crippen molar-refractivity contribution < 1.29 is 19.0 Å². The first-order chi connectivity index (χ1) is 7.59. The third-order valence-electron chi connectivity index (χ3n) is 1.87. The summed E-state index contributed by atoms with van der Waals surface area (Å²) in [6, 6.07) is 9.18. The number of amides is 1. The Morgan fingerprint density at radius 3 is 2.69 bits per heavy atom. The number of benzene rings is 1. The first-order valence-electron chi connectivity index (χ1n) is 4.72. The Balaban J connectivity index is 2.33. The molecule has 2 atom stereocenters. The summed E-state index contributed by atoms with van der Waals surface area (Å²) in [4.78, 5) is 19.9. The van der Waals surface area contributed by atoms with Gasteiger partial charge in [0.05, 0.1) is 0 Å². The van der Waals surface area contributed by atoms with Crippen LogP contribution in [0, 0.1) is 0 Å². The van der Waals surface area contributed by atoms with Crippen LogP contribution in [0.1, 0.15) is 12.5 Å². The van der Waals surface area contributed by atoms with Crippen molar-refractivity contribution in [3.05, 3.63) is 35.9 Å². The first-order valence-corrected chi connectivity index (χ1v) is 6.00. The minimum atomic E-state index is -2.42. The molecule has 1 unspecified atom stereocenters. The molecular weight excluding hydrogens is 229 g/mol. The van der Waals surface area contributed by atoms with Gasteiger partial charge in [-0.15, -0.1) is 0 Å². The van der Waals surface area contributed by atoms with Crippen LogP contribution in [0.5, 0.6) is 0 Å². The SMILES string of the molecule is C[C@@H](NC(=O)OCc1ccccc1)[P+](=O)O. The smallest absolute Gasteiger partial charge is 0.445 e. The second kappa shape index (κ2) is 6.20. The zero-order valence-electron chi connectivity index (χ0n) is 8.79. The highest BCUT2D eigenvalue weighted by Gasteiger charge is 2.25. The number of rotatable bonds is 4. The van der Waals surface area contributed by atoms with Gasteiger partial charge in [0, 0.05) is 6.92 Å². The summed E-state index contributed by atoms with van der Waals surface area (Å²) in [7, 11) is -2.42. The van der Waals surface area contributed by atoms with E-state index in [-0.39, 0.29) is 6.61 Å². The van der Waals surface area contributed by atoms with E-state index in [1.54, 1.807) is 0 Å². The topological polar surface area (TPSA) is 75.6 Å². The maximum Gasteiger partial charge on any atom is 0.530 e. The average molecular weight is 242 g/mol. The molecule has 1 amide bonds. The van der Waals surface area contributed by atoms with Crippen LogP contribution in [0.25, 0.3) is 0 Å². The molecular formula is C10H13NO4P+. The van der Waals surface area contributed by atoms with Crippen LogP contribution in [0.3, 0.4) is 0 Å². The number of carbonyl (C=O) groups is 1. The largest absolute Gasteiger partial charge is 0.530 e. The highest BCUT2D eigenvalue weighted by Crippen LogP contribution is 2.18. The molecule has 16 heavy (non-hydrogen) atoms. The fourth-order valence-electron chi connectivity index (χ4n) is 0.991. The van der Waals surface area contributed by atoms with Crippen molar-refractivity contribution in [2.75, 3.05) is 0 Å². The molecule has 0 saturated heterocycles. The monoisotopic (exact) mass is 242 g/mol. The molecule has 2 N–H and O–H groups in total. The van der Waals surface area contributed by atoms with Crippen molar-refractivity contribution in [2.24, 2.45) is 0 Å². The van der Waals surface area contributed by atoms with E-state index in [2.05, 4.69) is 5.32 Å². The second-order valence-electron chi connectivity index (χ2n) is 3.18. The molecule has 1 aromatic carbocycles. The van der Waals surface area contributed by atoms with Gasteiger partial charge >= 0.3 is 14.1 Å². The minimum Gasteiger partial charge on any atom is -0.445 e. The van der Waals surface area contributed by atoms with Gasteiger partial charge in [0.1, 0.15) is 6.61 Å². The molecule has 5 nitrogen and oxygen atoms in total. The molecule has 0 spiro atoms. The maximum atomic E-state index is 11.2. The Morgan fingerprint density at radius 1 is 1.50 bits per heavy atom. The molecule has 1 rings (SSSR count). The molecule has 1 aromatic rings. The lowest BCUT2D eigenvalue weighted by molar-refractivity contribution is 0.138. The van der Waals surface area contributed by atoms with Crippen molar-refractivity contribution in [2.45, 2.75) is 19.3 Å². The molecule has 0 aromatic heterocycles. The van der Waals surface area contributed by atoms with Crippen molar-refractivity contribution in [1.82, 2.24) is 5.32 Å². The molecule has 0 heterocycles. The predicted octanol–water partition coefficient (Wildman–Crippen LogP) is 1.99. The number of hydrogen-bond acceptors (Lipinski definition) is 3. The van der Waals surface area contributed by atoms with Crippen LogP contribution in [0.15, 0.2) is 30.3 Å². The Morgan fingerprint density at radius 2 is 2.12 bits per heavy atom. The van der Waals surface area contributed by atoms with Gasteiger partial charge in [0.25, 0.3) is 5.78 Å². The molecule has 0 saturated carbocycles. The van der Waals surface area contributed by atoms with E-state index in [1.165, 1.54) is 6.92 Å². The van der Waals surface area contributed by atoms with Gasteiger partial charge in [-0.2, -0.15) is 4.89 Å². The van der Waals surface area contributed by atoms with Gasteiger partial charge in [-0.05, 0) is 10.1 Å². The highest BCUT2D eigenvalue weighted by molar-refractivity contribution is 7.38. The standard InChI is InChI=1S/C10H12NO4P/c1-8(16(13)14)11-10(12)15-7-9-5-3-2-4-6-9/h2-6,8H,7H2,1H3,(H-,11,12,13,14)/p+1/t8-/m0/s1. The van der Waals surface area contributed by atoms with Crippen LogP contribution in [0.2, 0.25) is 0 Å². The van der Waals surface area contributed by atoms with E-state index in [0.717, 1.165) is 5.56 Å². The van der Waals surface area contributed by atoms with Gasteiger partial charge in [-0.25, -0.2) is 4.79 Å². The van der Waals surface area contributed by atoms with Crippen LogP contribution in [-0.4, -0.2) is 16.8 Å². The van der Waals surface area contributed by atoms with Gasteiger partial charge in [-0.1, -0.05) is 30.3 Å². The summed E-state index contributed by atoms with van der Waals surface area (Å²) >= 11 is 0. The van der Waals surface area contributed by atoms with Crippen molar-refractivity contribution in [3.8, 4) is 0 Å². The van der Waals surface area contributed by atoms with E-state index in [0.29, 0.717) is 0 Å². The average Bonchev–Trinajstić information content (AvgIpc) is 2.27. The molecule has 0 aliphatic heterocycles. The summed E-state index contributed by atoms with van der Waals surface area (Å²) in [6.45, 7) is 1.57. The molecule has 86 valence electrons. The van der Waals surface area contributed by atoms with Crippen LogP contribution in [-0.2, 0) is 15.9 Å². The number of nitrogens with one attached hydrogen (secondary N) is 1. The van der Waals surface area contributed by atoms with Gasteiger partial charge in [0.15, 0.2) is 0 Å². The third kappa shape index (κ3) is 4.38. The fourth-order valence-corrected chi connectivity index (χ4v) is 1.21. The summed E-state index contributed by atoms with van der Waals surface area (Å²) in [5, 5.41) is 2.25. The molecule has 6 heteroatoms. The molecule has 0 radical (unpaired) electrons. The van der Waals surface area contributed by atoms with E-state index in [9.17, 15) is 9.36 Å². The normalized spacial score (nSPS) is 12.8. The predicted molar refractivity (Wildman–Crippen MR) is 59.1 cm³/mol. The Labute approximate surface area is 94.3 Å². The molecule has 0 bridgehead atoms. The number of alkyl carbamates (subject to hydrolysis) is 1. The minimum absolute atomic E-state index is 0.140. The van der Waals surface area contributed by atoms with Gasteiger partial charge in [0.2, 0.25) is 0 Å². The summed E-state index contributed by atoms with van der Waals surface area (Å²) in [6.07, 6.45) is -0.700. The van der Waals surface area contributed by atoms with Crippen LogP contribution in [0.4, 0.5) is 4.79 Å². The van der Waals surface area contributed by atoms with E-state index in [1.807, 2.05) is 30.3 Å². The third-order valence-corrected chi connectivity index (χ3v) is 2.66. The molecule has 0 fully saturated rings. The zero-order chi connectivity index (χ0) is 12.0. The van der Waals surface area contributed by atoms with Crippen LogP contribution >= 0.6 is 8.03 Å². The van der Waals surface area contributed by atoms with Crippen molar-refractivity contribution >= 4 is 14.1 Å². The lowest BCUT2D eigenvalue weighted by atomic mass is 10.2. The van der Waals surface area contributed by atoms with Crippen molar-refractivity contribution in [1.29, 1.82) is 0 Å². The quantitative estimate of drug-likeness (QED) is 0.791. The second-order valence-corrected chi connectivity index (χ2v) is 4.56. The Hall–Kier alpha value is -1.45. The Kier molecular flexibility index (Phi) is 4.89. The summed E-state index contributed by atoms with van der Waals surface area (Å²) in [5.41, 5.74) is 0.860. The first kappa shape index (κ1) is 12.6. The molecule has 0 aliphatic carbocycles. The fraction of sp³-hybridized carbons (Fsp3) is 0.300. The Bertz CT molecular complexity index is 368. The molecule has 0 aliphatic rings. The van der Waals surface area contributed by atoms with E-state index >= 15 is 0 Å². The summed E-state index contributed by atoms with van der Waals surface area (Å²) in [5.74, 6) is -0.807. The highest BCUT2D eigenvalue weighted by atomic mass is 31.1. The van der Waals surface area contributed by atoms with E-state index in [4.69, 9.17) is 9.63 Å². The maximum absolute atomic E-state index is 11.2. The lowest BCUT2D eigenvalue weighted by Gasteiger charge is -2.05. The van der Waals surface area contributed by atoms with E-state index < -0.39 is 19.9 Å². The lowest BCUT2D eigenvalue weighted by Crippen LogP contribution is -2.30. The number of ether oxygens (including phenoxy) is 1.